The summed E-state index contributed by atoms with van der Waals surface area (Å²) in [6.07, 6.45) is 9.26. The van der Waals surface area contributed by atoms with Crippen molar-refractivity contribution in [2.24, 2.45) is 16.3 Å². The largest absolute Gasteiger partial charge is 0.299 e. The first-order valence-corrected chi connectivity index (χ1v) is 11.0. The van der Waals surface area contributed by atoms with Crippen LogP contribution in [0.1, 0.15) is 57.4 Å². The van der Waals surface area contributed by atoms with Gasteiger partial charge < -0.3 is 0 Å². The fourth-order valence-electron chi connectivity index (χ4n) is 4.66. The molecule has 0 radical (unpaired) electrons. The highest BCUT2D eigenvalue weighted by Crippen LogP contribution is 2.49. The van der Waals surface area contributed by atoms with Crippen molar-refractivity contribution in [3.05, 3.63) is 58.6 Å². The quantitative estimate of drug-likeness (QED) is 0.612. The Morgan fingerprint density at radius 2 is 1.96 bits per heavy atom. The number of fused-ring (bicyclic) bond motifs is 1. The van der Waals surface area contributed by atoms with Crippen molar-refractivity contribution in [3.63, 3.8) is 0 Å². The summed E-state index contributed by atoms with van der Waals surface area (Å²) in [6, 6.07) is 12.5. The highest BCUT2D eigenvalue weighted by Gasteiger charge is 2.46. The molecule has 0 bridgehead atoms. The van der Waals surface area contributed by atoms with Gasteiger partial charge in [0.15, 0.2) is 0 Å². The standard InChI is InChI=1S/C24H26N2OS/c1-24(2)13-19-22(20(27)14-24)21(16-9-5-3-6-10-16)18(15-25)23(26-19)28-17-11-7-4-8-12-17/h3,5-7,9-11,17,21-22H,4,8,12-14H2,1-2H3/t17-,21-,22?/m0/s1. The average molecular weight is 391 g/mol. The first-order chi connectivity index (χ1) is 13.5. The van der Waals surface area contributed by atoms with Gasteiger partial charge in [0.25, 0.3) is 0 Å². The molecule has 0 saturated heterocycles. The molecule has 1 heterocycles. The fourth-order valence-corrected chi connectivity index (χ4v) is 5.89. The molecule has 1 aliphatic heterocycles. The third kappa shape index (κ3) is 3.73. The summed E-state index contributed by atoms with van der Waals surface area (Å²) in [4.78, 5) is 18.1. The van der Waals surface area contributed by atoms with Crippen LogP contribution < -0.4 is 0 Å². The molecule has 2 aliphatic carbocycles. The fraction of sp³-hybridized carbons (Fsp3) is 0.458. The minimum atomic E-state index is -0.295. The van der Waals surface area contributed by atoms with Crippen molar-refractivity contribution >= 4 is 23.3 Å². The van der Waals surface area contributed by atoms with Gasteiger partial charge in [-0.1, -0.05) is 68.1 Å². The molecular weight excluding hydrogens is 364 g/mol. The third-order valence-electron chi connectivity index (χ3n) is 5.89. The van der Waals surface area contributed by atoms with Gasteiger partial charge in [0.2, 0.25) is 0 Å². The van der Waals surface area contributed by atoms with E-state index in [0.717, 1.165) is 35.6 Å². The minimum Gasteiger partial charge on any atom is -0.299 e. The summed E-state index contributed by atoms with van der Waals surface area (Å²) in [5, 5.41) is 11.3. The Bertz CT molecular complexity index is 904. The van der Waals surface area contributed by atoms with Crippen molar-refractivity contribution in [1.29, 1.82) is 5.26 Å². The predicted molar refractivity (Wildman–Crippen MR) is 115 cm³/mol. The number of Topliss-reactive ketones (excluding diaryl/α,β-unsaturated/α-hetero) is 1. The second kappa shape index (κ2) is 7.72. The lowest BCUT2D eigenvalue weighted by Crippen LogP contribution is -2.43. The van der Waals surface area contributed by atoms with Crippen molar-refractivity contribution < 1.29 is 4.79 Å². The van der Waals surface area contributed by atoms with Crippen molar-refractivity contribution in [2.45, 2.75) is 57.1 Å². The highest BCUT2D eigenvalue weighted by atomic mass is 32.2. The lowest BCUT2D eigenvalue weighted by Gasteiger charge is -2.40. The third-order valence-corrected chi connectivity index (χ3v) is 7.12. The van der Waals surface area contributed by atoms with Crippen LogP contribution in [0.3, 0.4) is 0 Å². The zero-order valence-electron chi connectivity index (χ0n) is 16.5. The molecule has 3 nitrogen and oxygen atoms in total. The Kier molecular flexibility index (Phi) is 5.29. The monoisotopic (exact) mass is 390 g/mol. The SMILES string of the molecule is CC1(C)CC(=O)C2C(=NC(S[C@H]3C=CCCC3)=C(C#N)[C@@H]2c2ccccc2)C1. The van der Waals surface area contributed by atoms with E-state index in [1.54, 1.807) is 11.8 Å². The molecule has 0 amide bonds. The Balaban J connectivity index is 1.81. The Morgan fingerprint density at radius 3 is 2.64 bits per heavy atom. The summed E-state index contributed by atoms with van der Waals surface area (Å²) in [5.74, 6) is -0.285. The zero-order chi connectivity index (χ0) is 19.7. The van der Waals surface area contributed by atoms with Crippen molar-refractivity contribution in [2.75, 3.05) is 0 Å². The van der Waals surface area contributed by atoms with E-state index in [2.05, 4.69) is 32.1 Å². The van der Waals surface area contributed by atoms with Crippen LogP contribution >= 0.6 is 11.8 Å². The topological polar surface area (TPSA) is 53.2 Å². The van der Waals surface area contributed by atoms with Gasteiger partial charge in [0, 0.05) is 23.3 Å². The maximum Gasteiger partial charge on any atom is 0.143 e. The number of ketones is 1. The van der Waals surface area contributed by atoms with E-state index in [1.807, 2.05) is 30.3 Å². The van der Waals surface area contributed by atoms with Gasteiger partial charge in [-0.15, -0.1) is 0 Å². The number of carbonyl (C=O) groups is 1. The molecule has 1 unspecified atom stereocenters. The van der Waals surface area contributed by atoms with Gasteiger partial charge in [-0.2, -0.15) is 5.26 Å². The Hall–Kier alpha value is -2.12. The van der Waals surface area contributed by atoms with E-state index in [1.165, 1.54) is 6.42 Å². The zero-order valence-corrected chi connectivity index (χ0v) is 17.3. The summed E-state index contributed by atoms with van der Waals surface area (Å²) in [5.41, 5.74) is 2.60. The molecule has 144 valence electrons. The number of thioether (sulfide) groups is 1. The smallest absolute Gasteiger partial charge is 0.143 e. The summed E-state index contributed by atoms with van der Waals surface area (Å²) >= 11 is 1.70. The average Bonchev–Trinajstić information content (AvgIpc) is 2.67. The van der Waals surface area contributed by atoms with E-state index in [9.17, 15) is 10.1 Å². The van der Waals surface area contributed by atoms with Crippen LogP contribution in [0.2, 0.25) is 0 Å². The van der Waals surface area contributed by atoms with Crippen molar-refractivity contribution in [1.82, 2.24) is 0 Å². The van der Waals surface area contributed by atoms with Gasteiger partial charge >= 0.3 is 0 Å². The lowest BCUT2D eigenvalue weighted by molar-refractivity contribution is -0.124. The van der Waals surface area contributed by atoms with Crippen LogP contribution in [0.15, 0.2) is 58.1 Å². The minimum absolute atomic E-state index is 0.0711. The van der Waals surface area contributed by atoms with E-state index in [-0.39, 0.29) is 23.0 Å². The number of allylic oxidation sites excluding steroid dienone is 2. The van der Waals surface area contributed by atoms with Crippen LogP contribution in [-0.2, 0) is 4.79 Å². The van der Waals surface area contributed by atoms with Gasteiger partial charge in [-0.05, 0) is 36.7 Å². The second-order valence-corrected chi connectivity index (χ2v) is 10.0. The van der Waals surface area contributed by atoms with Gasteiger partial charge in [0.1, 0.15) is 10.8 Å². The van der Waals surface area contributed by atoms with E-state index in [0.29, 0.717) is 17.2 Å². The molecule has 28 heavy (non-hydrogen) atoms. The molecule has 1 saturated carbocycles. The van der Waals surface area contributed by atoms with Crippen LogP contribution in [0.4, 0.5) is 0 Å². The van der Waals surface area contributed by atoms with Crippen LogP contribution in [0.5, 0.6) is 0 Å². The molecule has 4 heteroatoms. The number of nitrogens with zero attached hydrogens (tertiary/aromatic N) is 2. The number of nitriles is 1. The summed E-state index contributed by atoms with van der Waals surface area (Å²) in [6.45, 7) is 4.28. The molecule has 1 aromatic carbocycles. The Labute approximate surface area is 171 Å². The highest BCUT2D eigenvalue weighted by molar-refractivity contribution is 8.03. The molecule has 0 N–H and O–H groups in total. The summed E-state index contributed by atoms with van der Waals surface area (Å²) in [7, 11) is 0. The van der Waals surface area contributed by atoms with Gasteiger partial charge in [-0.3, -0.25) is 4.79 Å². The van der Waals surface area contributed by atoms with E-state index >= 15 is 0 Å². The summed E-state index contributed by atoms with van der Waals surface area (Å²) < 4.78 is 0. The molecule has 3 aliphatic rings. The lowest BCUT2D eigenvalue weighted by atomic mass is 9.64. The van der Waals surface area contributed by atoms with Gasteiger partial charge in [-0.25, -0.2) is 4.99 Å². The maximum absolute atomic E-state index is 13.2. The molecule has 1 fully saturated rings. The molecule has 0 spiro atoms. The molecule has 3 atom stereocenters. The predicted octanol–water partition coefficient (Wildman–Crippen LogP) is 5.81. The van der Waals surface area contributed by atoms with Crippen LogP contribution in [-0.4, -0.2) is 16.7 Å². The van der Waals surface area contributed by atoms with E-state index < -0.39 is 0 Å². The number of hydrogen-bond acceptors (Lipinski definition) is 4. The first-order valence-electron chi connectivity index (χ1n) is 10.1. The second-order valence-electron chi connectivity index (χ2n) is 8.80. The number of carbonyl (C=O) groups excluding carboxylic acids is 1. The number of aliphatic imine (C=N–C) groups is 1. The number of benzene rings is 1. The molecule has 1 aromatic rings. The van der Waals surface area contributed by atoms with Gasteiger partial charge in [0.05, 0.1) is 17.6 Å². The van der Waals surface area contributed by atoms with Crippen molar-refractivity contribution in [3.8, 4) is 6.07 Å². The molecule has 0 aromatic heterocycles. The van der Waals surface area contributed by atoms with Crippen LogP contribution in [0, 0.1) is 22.7 Å². The molecule has 4 rings (SSSR count). The first kappa shape index (κ1) is 19.2. The number of hydrogen-bond donors (Lipinski definition) is 0. The molecular formula is C24H26N2OS. The normalized spacial score (nSPS) is 29.1. The maximum atomic E-state index is 13.2. The van der Waals surface area contributed by atoms with E-state index in [4.69, 9.17) is 4.99 Å². The van der Waals surface area contributed by atoms with Crippen LogP contribution in [0.25, 0.3) is 0 Å². The number of rotatable bonds is 3. The Morgan fingerprint density at radius 1 is 1.18 bits per heavy atom.